The van der Waals surface area contributed by atoms with Gasteiger partial charge in [-0.25, -0.2) is 9.97 Å². The smallest absolute Gasteiger partial charge is 0.246 e. The predicted octanol–water partition coefficient (Wildman–Crippen LogP) is 2.92. The Morgan fingerprint density at radius 2 is 1.87 bits per heavy atom. The summed E-state index contributed by atoms with van der Waals surface area (Å²) in [6.45, 7) is 1.33. The Hall–Kier alpha value is -3.03. The Balaban J connectivity index is 1.66. The van der Waals surface area contributed by atoms with E-state index in [9.17, 15) is 9.90 Å². The highest BCUT2D eigenvalue weighted by Gasteiger charge is 2.29. The number of aromatic nitrogens is 3. The van der Waals surface area contributed by atoms with Crippen LogP contribution in [-0.4, -0.2) is 45.2 Å². The van der Waals surface area contributed by atoms with Crippen molar-refractivity contribution in [3.63, 3.8) is 0 Å². The van der Waals surface area contributed by atoms with Crippen LogP contribution in [0.4, 0.5) is 5.82 Å². The van der Waals surface area contributed by atoms with E-state index in [1.165, 1.54) is 0 Å². The summed E-state index contributed by atoms with van der Waals surface area (Å²) in [6.07, 6.45) is 3.66. The number of carbonyl (C=O) groups excluding carboxylic acids is 1. The SMILES string of the molecule is NC(=O)C(O)C1CCN(c2cc(-c3ccc(Cl)cc3)nc(-c3cccnc3)n2)CC1. The number of carbonyl (C=O) groups is 1. The number of rotatable bonds is 5. The molecule has 154 valence electrons. The standard InChI is InChI=1S/C22H22ClN5O2/c23-17-5-3-14(4-6-17)18-12-19(27-22(26-18)16-2-1-9-25-13-16)28-10-7-15(8-11-28)20(29)21(24)30/h1-6,9,12-13,15,20,29H,7-8,10-11H2,(H2,24,30). The van der Waals surface area contributed by atoms with E-state index in [2.05, 4.69) is 9.88 Å². The summed E-state index contributed by atoms with van der Waals surface area (Å²) in [7, 11) is 0. The van der Waals surface area contributed by atoms with Gasteiger partial charge in [-0.3, -0.25) is 9.78 Å². The van der Waals surface area contributed by atoms with Gasteiger partial charge >= 0.3 is 0 Å². The quantitative estimate of drug-likeness (QED) is 0.653. The van der Waals surface area contributed by atoms with Crippen LogP contribution in [0, 0.1) is 5.92 Å². The third-order valence-corrected chi connectivity index (χ3v) is 5.63. The average Bonchev–Trinajstić information content (AvgIpc) is 2.79. The zero-order valence-electron chi connectivity index (χ0n) is 16.3. The van der Waals surface area contributed by atoms with Gasteiger partial charge in [0.25, 0.3) is 0 Å². The van der Waals surface area contributed by atoms with E-state index in [4.69, 9.17) is 27.3 Å². The van der Waals surface area contributed by atoms with Crippen LogP contribution in [0.1, 0.15) is 12.8 Å². The predicted molar refractivity (Wildman–Crippen MR) is 116 cm³/mol. The number of nitrogens with two attached hydrogens (primary N) is 1. The van der Waals surface area contributed by atoms with E-state index in [1.54, 1.807) is 12.4 Å². The van der Waals surface area contributed by atoms with Gasteiger partial charge in [0.15, 0.2) is 5.82 Å². The fraction of sp³-hybridized carbons (Fsp3) is 0.273. The topological polar surface area (TPSA) is 105 Å². The summed E-state index contributed by atoms with van der Waals surface area (Å²) in [4.78, 5) is 27.1. The molecular weight excluding hydrogens is 402 g/mol. The number of hydrogen-bond donors (Lipinski definition) is 2. The lowest BCUT2D eigenvalue weighted by atomic mass is 9.91. The fourth-order valence-corrected chi connectivity index (χ4v) is 3.79. The number of pyridine rings is 1. The molecule has 7 nitrogen and oxygen atoms in total. The van der Waals surface area contributed by atoms with Crippen molar-refractivity contribution in [1.82, 2.24) is 15.0 Å². The first-order chi connectivity index (χ1) is 14.5. The number of halogens is 1. The molecule has 3 N–H and O–H groups in total. The molecule has 1 saturated heterocycles. The Kier molecular flexibility index (Phi) is 5.92. The molecule has 0 bridgehead atoms. The molecule has 0 aliphatic carbocycles. The number of benzene rings is 1. The van der Waals surface area contributed by atoms with Gasteiger partial charge in [-0.05, 0) is 43.0 Å². The van der Waals surface area contributed by atoms with Gasteiger partial charge in [0.1, 0.15) is 11.9 Å². The van der Waals surface area contributed by atoms with Crippen molar-refractivity contribution in [3.05, 3.63) is 59.9 Å². The number of hydrogen-bond acceptors (Lipinski definition) is 6. The molecule has 30 heavy (non-hydrogen) atoms. The lowest BCUT2D eigenvalue weighted by Crippen LogP contribution is -2.43. The van der Waals surface area contributed by atoms with Crippen molar-refractivity contribution < 1.29 is 9.90 Å². The molecule has 1 aliphatic rings. The number of primary amides is 1. The van der Waals surface area contributed by atoms with Crippen molar-refractivity contribution in [1.29, 1.82) is 0 Å². The Bertz CT molecular complexity index is 1020. The van der Waals surface area contributed by atoms with Crippen LogP contribution in [0.25, 0.3) is 22.6 Å². The van der Waals surface area contributed by atoms with Gasteiger partial charge < -0.3 is 15.7 Å². The van der Waals surface area contributed by atoms with Gasteiger partial charge in [0, 0.05) is 47.7 Å². The molecule has 3 aromatic rings. The van der Waals surface area contributed by atoms with Crippen LogP contribution in [0.5, 0.6) is 0 Å². The second kappa shape index (κ2) is 8.77. The highest BCUT2D eigenvalue weighted by molar-refractivity contribution is 6.30. The average molecular weight is 424 g/mol. The molecule has 1 aromatic carbocycles. The maximum atomic E-state index is 11.3. The van der Waals surface area contributed by atoms with Crippen LogP contribution < -0.4 is 10.6 Å². The largest absolute Gasteiger partial charge is 0.383 e. The second-order valence-corrected chi connectivity index (χ2v) is 7.79. The normalized spacial score (nSPS) is 15.7. The molecule has 1 amide bonds. The maximum Gasteiger partial charge on any atom is 0.246 e. The number of aliphatic hydroxyl groups excluding tert-OH is 1. The molecule has 8 heteroatoms. The van der Waals surface area contributed by atoms with Crippen LogP contribution in [0.3, 0.4) is 0 Å². The van der Waals surface area contributed by atoms with Crippen molar-refractivity contribution in [2.75, 3.05) is 18.0 Å². The molecule has 1 fully saturated rings. The van der Waals surface area contributed by atoms with Gasteiger partial charge in [0.05, 0.1) is 5.69 Å². The summed E-state index contributed by atoms with van der Waals surface area (Å²) in [5.41, 5.74) is 7.80. The molecule has 2 aromatic heterocycles. The monoisotopic (exact) mass is 423 g/mol. The number of nitrogens with zero attached hydrogens (tertiary/aromatic N) is 4. The molecule has 1 atom stereocenters. The molecule has 4 rings (SSSR count). The van der Waals surface area contributed by atoms with Crippen LogP contribution in [0.2, 0.25) is 5.02 Å². The number of piperidine rings is 1. The van der Waals surface area contributed by atoms with E-state index in [1.807, 2.05) is 42.5 Å². The molecular formula is C22H22ClN5O2. The summed E-state index contributed by atoms with van der Waals surface area (Å²) < 4.78 is 0. The van der Waals surface area contributed by atoms with Crippen molar-refractivity contribution >= 4 is 23.3 Å². The molecule has 3 heterocycles. The highest BCUT2D eigenvalue weighted by Crippen LogP contribution is 2.30. The van der Waals surface area contributed by atoms with E-state index in [0.29, 0.717) is 36.8 Å². The molecule has 1 unspecified atom stereocenters. The third-order valence-electron chi connectivity index (χ3n) is 5.37. The highest BCUT2D eigenvalue weighted by atomic mass is 35.5. The molecule has 0 radical (unpaired) electrons. The van der Waals surface area contributed by atoms with Crippen LogP contribution in [0.15, 0.2) is 54.9 Å². The van der Waals surface area contributed by atoms with E-state index in [-0.39, 0.29) is 5.92 Å². The van der Waals surface area contributed by atoms with Gasteiger partial charge in [0.2, 0.25) is 5.91 Å². The maximum absolute atomic E-state index is 11.3. The van der Waals surface area contributed by atoms with Crippen LogP contribution >= 0.6 is 11.6 Å². The van der Waals surface area contributed by atoms with E-state index in [0.717, 1.165) is 22.6 Å². The lowest BCUT2D eigenvalue weighted by molar-refractivity contribution is -0.129. The van der Waals surface area contributed by atoms with Crippen molar-refractivity contribution in [2.45, 2.75) is 18.9 Å². The fourth-order valence-electron chi connectivity index (χ4n) is 3.67. The summed E-state index contributed by atoms with van der Waals surface area (Å²) in [5, 5.41) is 10.6. The Labute approximate surface area is 179 Å². The van der Waals surface area contributed by atoms with Gasteiger partial charge in [-0.15, -0.1) is 0 Å². The summed E-state index contributed by atoms with van der Waals surface area (Å²) >= 11 is 6.04. The minimum Gasteiger partial charge on any atom is -0.383 e. The first-order valence-electron chi connectivity index (χ1n) is 9.79. The zero-order chi connectivity index (χ0) is 21.1. The summed E-state index contributed by atoms with van der Waals surface area (Å²) in [6, 6.07) is 13.2. The first-order valence-corrected chi connectivity index (χ1v) is 10.2. The molecule has 0 saturated carbocycles. The summed E-state index contributed by atoms with van der Waals surface area (Å²) in [5.74, 6) is 0.583. The Morgan fingerprint density at radius 3 is 2.50 bits per heavy atom. The van der Waals surface area contributed by atoms with Crippen molar-refractivity contribution in [3.8, 4) is 22.6 Å². The van der Waals surface area contributed by atoms with Gasteiger partial charge in [-0.1, -0.05) is 23.7 Å². The number of aliphatic hydroxyl groups is 1. The van der Waals surface area contributed by atoms with Gasteiger partial charge in [-0.2, -0.15) is 0 Å². The number of anilines is 1. The number of amides is 1. The molecule has 1 aliphatic heterocycles. The second-order valence-electron chi connectivity index (χ2n) is 7.36. The van der Waals surface area contributed by atoms with Crippen LogP contribution in [-0.2, 0) is 4.79 Å². The molecule has 0 spiro atoms. The van der Waals surface area contributed by atoms with E-state index < -0.39 is 12.0 Å². The van der Waals surface area contributed by atoms with Crippen molar-refractivity contribution in [2.24, 2.45) is 11.7 Å². The van der Waals surface area contributed by atoms with E-state index >= 15 is 0 Å². The third kappa shape index (κ3) is 4.42. The Morgan fingerprint density at radius 1 is 1.13 bits per heavy atom. The minimum atomic E-state index is -1.10. The minimum absolute atomic E-state index is 0.130. The lowest BCUT2D eigenvalue weighted by Gasteiger charge is -2.34. The first kappa shape index (κ1) is 20.3. The zero-order valence-corrected chi connectivity index (χ0v) is 17.0.